The van der Waals surface area contributed by atoms with Gasteiger partial charge < -0.3 is 24.4 Å². The number of amides is 1. The molecule has 1 saturated carbocycles. The minimum Gasteiger partial charge on any atom is -0.381 e. The zero-order chi connectivity index (χ0) is 23.9. The summed E-state index contributed by atoms with van der Waals surface area (Å²) in [6.45, 7) is 4.92. The van der Waals surface area contributed by atoms with Gasteiger partial charge in [-0.1, -0.05) is 6.07 Å². The Morgan fingerprint density at radius 3 is 2.77 bits per heavy atom. The summed E-state index contributed by atoms with van der Waals surface area (Å²) in [7, 11) is 1.76. The number of carbonyl (C=O) groups excluding carboxylic acids is 1. The van der Waals surface area contributed by atoms with E-state index in [2.05, 4.69) is 48.2 Å². The molecule has 182 valence electrons. The molecule has 0 unspecified atom stereocenters. The van der Waals surface area contributed by atoms with Crippen LogP contribution in [0.5, 0.6) is 0 Å². The number of benzene rings is 1. The van der Waals surface area contributed by atoms with Crippen LogP contribution >= 0.6 is 0 Å². The molecule has 35 heavy (non-hydrogen) atoms. The molecule has 1 fully saturated rings. The van der Waals surface area contributed by atoms with Gasteiger partial charge in [0.1, 0.15) is 11.6 Å². The van der Waals surface area contributed by atoms with E-state index in [1.807, 2.05) is 24.0 Å². The Labute approximate surface area is 205 Å². The number of methoxy groups -OCH3 is 1. The molecule has 9 heteroatoms. The molecule has 0 saturated heterocycles. The zero-order valence-corrected chi connectivity index (χ0v) is 20.3. The Kier molecular flexibility index (Phi) is 5.64. The second kappa shape index (κ2) is 8.96. The molecule has 2 aromatic heterocycles. The summed E-state index contributed by atoms with van der Waals surface area (Å²) in [5.41, 5.74) is 3.91. The first kappa shape index (κ1) is 22.0. The van der Waals surface area contributed by atoms with Gasteiger partial charge in [-0.05, 0) is 56.9 Å². The van der Waals surface area contributed by atoms with Gasteiger partial charge in [-0.15, -0.1) is 10.2 Å². The Hall–Kier alpha value is -3.46. The minimum absolute atomic E-state index is 0.00707. The largest absolute Gasteiger partial charge is 0.381 e. The molecule has 2 aliphatic heterocycles. The molecule has 1 aliphatic carbocycles. The summed E-state index contributed by atoms with van der Waals surface area (Å²) in [5, 5.41) is 12.1. The molecular formula is C26H31N7O2. The molecule has 0 spiro atoms. The van der Waals surface area contributed by atoms with Crippen molar-refractivity contribution in [1.82, 2.24) is 19.7 Å². The maximum absolute atomic E-state index is 13.9. The van der Waals surface area contributed by atoms with E-state index in [0.717, 1.165) is 78.9 Å². The third kappa shape index (κ3) is 4.03. The maximum atomic E-state index is 13.9. The van der Waals surface area contributed by atoms with Crippen molar-refractivity contribution >= 4 is 28.8 Å². The third-order valence-corrected chi connectivity index (χ3v) is 7.67. The standard InChI is InChI=1S/C26H31N7O2/c1-17-29-30-24-16-31(12-13-32(17)24)20-7-10-22-23(14-20)33(15-19-4-3-11-27-25(19)28-22)26(34)18-5-8-21(35-2)9-6-18/h3-4,7,10-11,14,18,21H,5-6,8-9,12-13,15-16H2,1-2H3,(H,27,28). The number of fused-ring (bicyclic) bond motifs is 3. The number of hydrogen-bond donors (Lipinski definition) is 1. The van der Waals surface area contributed by atoms with Crippen LogP contribution in [0, 0.1) is 12.8 Å². The van der Waals surface area contributed by atoms with Crippen molar-refractivity contribution in [1.29, 1.82) is 0 Å². The molecule has 1 N–H and O–H groups in total. The van der Waals surface area contributed by atoms with Gasteiger partial charge in [0.15, 0.2) is 5.82 Å². The van der Waals surface area contributed by atoms with Gasteiger partial charge in [0.2, 0.25) is 5.91 Å². The molecule has 1 amide bonds. The van der Waals surface area contributed by atoms with Crippen LogP contribution in [0.4, 0.5) is 22.9 Å². The number of nitrogens with zero attached hydrogens (tertiary/aromatic N) is 6. The van der Waals surface area contributed by atoms with Crippen LogP contribution in [-0.4, -0.2) is 45.4 Å². The van der Waals surface area contributed by atoms with Gasteiger partial charge in [0.05, 0.1) is 30.6 Å². The molecule has 9 nitrogen and oxygen atoms in total. The highest BCUT2D eigenvalue weighted by atomic mass is 16.5. The third-order valence-electron chi connectivity index (χ3n) is 7.67. The lowest BCUT2D eigenvalue weighted by Gasteiger charge is -2.33. The molecule has 3 aliphatic rings. The van der Waals surface area contributed by atoms with E-state index < -0.39 is 0 Å². The number of anilines is 4. The fraction of sp³-hybridized carbons (Fsp3) is 0.462. The Morgan fingerprint density at radius 1 is 1.09 bits per heavy atom. The molecule has 0 radical (unpaired) electrons. The number of aryl methyl sites for hydroxylation is 1. The van der Waals surface area contributed by atoms with Crippen LogP contribution in [0.15, 0.2) is 36.5 Å². The minimum atomic E-state index is 0.00707. The topological polar surface area (TPSA) is 88.4 Å². The predicted octanol–water partition coefficient (Wildman–Crippen LogP) is 3.80. The van der Waals surface area contributed by atoms with Gasteiger partial charge in [-0.25, -0.2) is 4.98 Å². The highest BCUT2D eigenvalue weighted by Crippen LogP contribution is 2.40. The van der Waals surface area contributed by atoms with Gasteiger partial charge in [-0.2, -0.15) is 0 Å². The molecular weight excluding hydrogens is 442 g/mol. The van der Waals surface area contributed by atoms with Crippen LogP contribution in [0.2, 0.25) is 0 Å². The predicted molar refractivity (Wildman–Crippen MR) is 134 cm³/mol. The number of aromatic nitrogens is 4. The van der Waals surface area contributed by atoms with Crippen molar-refractivity contribution in [3.05, 3.63) is 53.7 Å². The van der Waals surface area contributed by atoms with E-state index in [9.17, 15) is 4.79 Å². The lowest BCUT2D eigenvalue weighted by molar-refractivity contribution is -0.124. The van der Waals surface area contributed by atoms with E-state index in [-0.39, 0.29) is 17.9 Å². The molecule has 6 rings (SSSR count). The first-order valence-corrected chi connectivity index (χ1v) is 12.4. The van der Waals surface area contributed by atoms with E-state index in [4.69, 9.17) is 4.74 Å². The number of hydrogen-bond acceptors (Lipinski definition) is 7. The van der Waals surface area contributed by atoms with Crippen LogP contribution in [-0.2, 0) is 29.2 Å². The first-order valence-electron chi connectivity index (χ1n) is 12.4. The van der Waals surface area contributed by atoms with E-state index in [1.165, 1.54) is 0 Å². The second-order valence-electron chi connectivity index (χ2n) is 9.71. The highest BCUT2D eigenvalue weighted by molar-refractivity contribution is 6.00. The van der Waals surface area contributed by atoms with Crippen molar-refractivity contribution in [3.8, 4) is 0 Å². The van der Waals surface area contributed by atoms with Gasteiger partial charge in [-0.3, -0.25) is 4.79 Å². The quantitative estimate of drug-likeness (QED) is 0.619. The lowest BCUT2D eigenvalue weighted by atomic mass is 9.86. The zero-order valence-electron chi connectivity index (χ0n) is 20.3. The molecule has 3 aromatic rings. The lowest BCUT2D eigenvalue weighted by Crippen LogP contribution is -2.38. The first-order chi connectivity index (χ1) is 17.1. The maximum Gasteiger partial charge on any atom is 0.230 e. The van der Waals surface area contributed by atoms with Gasteiger partial charge >= 0.3 is 0 Å². The Balaban J connectivity index is 1.34. The fourth-order valence-corrected chi connectivity index (χ4v) is 5.59. The molecule has 4 heterocycles. The SMILES string of the molecule is COC1CCC(C(=O)N2Cc3cccnc3Nc3ccc(N4CCn5c(C)nnc5C4)cc32)CC1. The van der Waals surface area contributed by atoms with Crippen molar-refractivity contribution in [2.24, 2.45) is 5.92 Å². The summed E-state index contributed by atoms with van der Waals surface area (Å²) < 4.78 is 7.71. The highest BCUT2D eigenvalue weighted by Gasteiger charge is 2.33. The van der Waals surface area contributed by atoms with Gasteiger partial charge in [0, 0.05) is 43.6 Å². The fourth-order valence-electron chi connectivity index (χ4n) is 5.59. The monoisotopic (exact) mass is 473 g/mol. The molecule has 1 aromatic carbocycles. The van der Waals surface area contributed by atoms with E-state index in [0.29, 0.717) is 13.1 Å². The summed E-state index contributed by atoms with van der Waals surface area (Å²) in [6, 6.07) is 10.3. The number of carbonyl (C=O) groups is 1. The van der Waals surface area contributed by atoms with Crippen LogP contribution in [0.3, 0.4) is 0 Å². The molecule has 0 bridgehead atoms. The van der Waals surface area contributed by atoms with E-state index >= 15 is 0 Å². The number of rotatable bonds is 3. The smallest absolute Gasteiger partial charge is 0.230 e. The summed E-state index contributed by atoms with van der Waals surface area (Å²) in [5.74, 6) is 2.93. The van der Waals surface area contributed by atoms with Crippen LogP contribution in [0.1, 0.15) is 42.9 Å². The average Bonchev–Trinajstić information content (AvgIpc) is 3.18. The summed E-state index contributed by atoms with van der Waals surface area (Å²) in [6.07, 6.45) is 5.62. The number of ether oxygens (including phenoxy) is 1. The normalized spacial score (nSPS) is 21.4. The number of pyridine rings is 1. The second-order valence-corrected chi connectivity index (χ2v) is 9.71. The Morgan fingerprint density at radius 2 is 1.94 bits per heavy atom. The Bertz CT molecular complexity index is 1250. The van der Waals surface area contributed by atoms with Crippen molar-refractivity contribution in [2.45, 2.75) is 58.3 Å². The van der Waals surface area contributed by atoms with Crippen molar-refractivity contribution in [3.63, 3.8) is 0 Å². The van der Waals surface area contributed by atoms with Crippen molar-refractivity contribution < 1.29 is 9.53 Å². The summed E-state index contributed by atoms with van der Waals surface area (Å²) in [4.78, 5) is 22.8. The van der Waals surface area contributed by atoms with Crippen LogP contribution < -0.4 is 15.1 Å². The average molecular weight is 474 g/mol. The van der Waals surface area contributed by atoms with Gasteiger partial charge in [0.25, 0.3) is 0 Å². The van der Waals surface area contributed by atoms with E-state index in [1.54, 1.807) is 13.3 Å². The number of nitrogens with one attached hydrogen (secondary N) is 1. The van der Waals surface area contributed by atoms with Crippen LogP contribution in [0.25, 0.3) is 0 Å². The van der Waals surface area contributed by atoms with Crippen molar-refractivity contribution in [2.75, 3.05) is 28.8 Å². The summed E-state index contributed by atoms with van der Waals surface area (Å²) >= 11 is 0. The molecule has 0 atom stereocenters.